The van der Waals surface area contributed by atoms with E-state index in [4.69, 9.17) is 0 Å². The maximum absolute atomic E-state index is 2.38. The molecule has 0 N–H and O–H groups in total. The third-order valence-electron chi connectivity index (χ3n) is 6.73. The summed E-state index contributed by atoms with van der Waals surface area (Å²) in [4.78, 5) is 0. The van der Waals surface area contributed by atoms with Gasteiger partial charge in [0.15, 0.2) is 0 Å². The Balaban J connectivity index is 0.00000147. The van der Waals surface area contributed by atoms with E-state index in [0.29, 0.717) is 5.92 Å². The van der Waals surface area contributed by atoms with E-state index >= 15 is 0 Å². The van der Waals surface area contributed by atoms with Crippen LogP contribution >= 0.6 is 32.8 Å². The molecule has 0 bridgehead atoms. The average Bonchev–Trinajstić information content (AvgIpc) is 3.61. The van der Waals surface area contributed by atoms with Gasteiger partial charge < -0.3 is 2.85 Å². The predicted octanol–water partition coefficient (Wildman–Crippen LogP) is 6.35. The van der Waals surface area contributed by atoms with E-state index in [1.54, 1.807) is 10.1 Å². The summed E-state index contributed by atoms with van der Waals surface area (Å²) in [7, 11) is 4.32. The minimum absolute atomic E-state index is 0. The van der Waals surface area contributed by atoms with Gasteiger partial charge in [0.1, 0.15) is 0 Å². The maximum Gasteiger partial charge on any atom is 1.00 e. The normalized spacial score (nSPS) is 12.1. The van der Waals surface area contributed by atoms with Crippen LogP contribution in [0.3, 0.4) is 0 Å². The van der Waals surface area contributed by atoms with Crippen LogP contribution in [-0.4, -0.2) is 0 Å². The SMILES string of the molecule is CCC(c1pc(-c2ccccc2)c(-c2ccccc2)[pH]1)c1pc(-c2ccccc2)c(-c2ccccc2)[pH]1.[H-].[H-].[Li+].[Li+]. The first kappa shape index (κ1) is 30.5. The van der Waals surface area contributed by atoms with E-state index in [9.17, 15) is 0 Å². The van der Waals surface area contributed by atoms with Gasteiger partial charge in [-0.15, -0.1) is 16.4 Å². The van der Waals surface area contributed by atoms with Crippen LogP contribution in [0.1, 0.15) is 32.2 Å². The van der Waals surface area contributed by atoms with Crippen LogP contribution in [0.5, 0.6) is 0 Å². The largest absolute Gasteiger partial charge is 1.00 e. The molecule has 0 aliphatic rings. The quantitative estimate of drug-likeness (QED) is 0.198. The van der Waals surface area contributed by atoms with Crippen molar-refractivity contribution in [1.82, 2.24) is 0 Å². The summed E-state index contributed by atoms with van der Waals surface area (Å²) in [6.45, 7) is 2.38. The summed E-state index contributed by atoms with van der Waals surface area (Å²) in [5.74, 6) is 0.542. The summed E-state index contributed by atoms with van der Waals surface area (Å²) in [6, 6.07) is 44.2. The van der Waals surface area contributed by atoms with Crippen molar-refractivity contribution in [3.63, 3.8) is 0 Å². The zero-order valence-corrected chi connectivity index (χ0v) is 26.5. The van der Waals surface area contributed by atoms with Crippen molar-refractivity contribution < 1.29 is 40.6 Å². The second kappa shape index (κ2) is 14.4. The summed E-state index contributed by atoms with van der Waals surface area (Å²) < 4.78 is 0. The van der Waals surface area contributed by atoms with Crippen molar-refractivity contribution in [3.05, 3.63) is 131 Å². The molecular weight excluding hydrogens is 534 g/mol. The molecule has 2 aromatic heterocycles. The number of hydrogen-bond donors (Lipinski definition) is 0. The third kappa shape index (κ3) is 6.70. The number of hydrogen-bond acceptors (Lipinski definition) is 0. The van der Waals surface area contributed by atoms with Crippen molar-refractivity contribution in [1.29, 1.82) is 0 Å². The summed E-state index contributed by atoms with van der Waals surface area (Å²) >= 11 is 0. The monoisotopic (exact) mass is 564 g/mol. The van der Waals surface area contributed by atoms with Gasteiger partial charge in [0, 0.05) is 37.2 Å². The molecule has 0 saturated carbocycles. The van der Waals surface area contributed by atoms with E-state index in [1.807, 2.05) is 0 Å². The molecule has 0 spiro atoms. The molecule has 0 aliphatic carbocycles. The minimum atomic E-state index is 0. The molecule has 0 aliphatic heterocycles. The van der Waals surface area contributed by atoms with Crippen LogP contribution in [-0.2, 0) is 0 Å². The fourth-order valence-corrected chi connectivity index (χ4v) is 13.0. The van der Waals surface area contributed by atoms with E-state index in [0.717, 1.165) is 16.4 Å². The van der Waals surface area contributed by atoms with E-state index in [-0.39, 0.29) is 40.6 Å². The molecule has 6 aromatic rings. The zero-order chi connectivity index (χ0) is 25.0. The molecular formula is C33H30Li2P4. The number of rotatable bonds is 7. The van der Waals surface area contributed by atoms with Crippen molar-refractivity contribution >= 4 is 32.8 Å². The Morgan fingerprint density at radius 1 is 0.513 bits per heavy atom. The minimum Gasteiger partial charge on any atom is -1.00 e. The predicted molar refractivity (Wildman–Crippen MR) is 173 cm³/mol. The van der Waals surface area contributed by atoms with Crippen molar-refractivity contribution in [2.24, 2.45) is 0 Å². The Bertz CT molecular complexity index is 1370. The van der Waals surface area contributed by atoms with Gasteiger partial charge in [0.05, 0.1) is 0 Å². The van der Waals surface area contributed by atoms with E-state index in [2.05, 4.69) is 128 Å². The molecule has 0 radical (unpaired) electrons. The second-order valence-electron chi connectivity index (χ2n) is 9.12. The molecule has 0 saturated heterocycles. The molecule has 184 valence electrons. The van der Waals surface area contributed by atoms with Crippen LogP contribution in [0.2, 0.25) is 0 Å². The Labute approximate surface area is 265 Å². The first-order valence-corrected chi connectivity index (χ1v) is 16.5. The van der Waals surface area contributed by atoms with Gasteiger partial charge >= 0.3 is 37.7 Å². The fourth-order valence-electron chi connectivity index (χ4n) is 4.87. The molecule has 2 atom stereocenters. The molecule has 0 amide bonds. The van der Waals surface area contributed by atoms with Gasteiger partial charge in [-0.05, 0) is 28.7 Å². The molecule has 6 rings (SSSR count). The molecule has 6 heteroatoms. The Morgan fingerprint density at radius 3 is 1.13 bits per heavy atom. The number of benzene rings is 4. The Hall–Kier alpha value is -1.51. The molecule has 0 nitrogen and oxygen atoms in total. The van der Waals surface area contributed by atoms with Crippen LogP contribution in [0.15, 0.2) is 121 Å². The van der Waals surface area contributed by atoms with Crippen LogP contribution < -0.4 is 37.7 Å². The average molecular weight is 564 g/mol. The van der Waals surface area contributed by atoms with Crippen molar-refractivity contribution in [2.75, 3.05) is 0 Å². The van der Waals surface area contributed by atoms with Gasteiger partial charge in [-0.3, -0.25) is 0 Å². The first-order valence-electron chi connectivity index (χ1n) is 12.7. The summed E-state index contributed by atoms with van der Waals surface area (Å²) in [5.41, 5.74) is 5.48. The van der Waals surface area contributed by atoms with Crippen LogP contribution in [0.4, 0.5) is 0 Å². The third-order valence-corrected chi connectivity index (χ3v) is 13.8. The van der Waals surface area contributed by atoms with Gasteiger partial charge in [0.25, 0.3) is 0 Å². The standard InChI is InChI=1S/C33H28P4.2Li.2H/c1-2-27(32-34-28(23-15-7-3-8-16-23)29(35-32)24-17-9-4-10-18-24)33-36-30(25-19-11-5-12-20-25)31(37-33)26-21-13-6-14-22-26;;;;/h3-22,27,34,36H,2H2,1H3;;;;/q;2*+1;2*-1. The first-order chi connectivity index (χ1) is 18.3. The van der Waals surface area contributed by atoms with E-state index < -0.39 is 0 Å². The molecule has 2 unspecified atom stereocenters. The second-order valence-corrected chi connectivity index (χ2v) is 14.8. The van der Waals surface area contributed by atoms with Crippen molar-refractivity contribution in [2.45, 2.75) is 19.3 Å². The smallest absolute Gasteiger partial charge is 1.00 e. The van der Waals surface area contributed by atoms with Gasteiger partial charge in [-0.1, -0.05) is 145 Å². The molecule has 2 heterocycles. The Morgan fingerprint density at radius 2 is 0.821 bits per heavy atom. The molecule has 0 fully saturated rings. The van der Waals surface area contributed by atoms with Crippen LogP contribution in [0.25, 0.3) is 43.4 Å². The van der Waals surface area contributed by atoms with Gasteiger partial charge in [0.2, 0.25) is 0 Å². The zero-order valence-electron chi connectivity index (χ0n) is 24.7. The van der Waals surface area contributed by atoms with E-state index in [1.165, 1.54) is 66.2 Å². The molecule has 39 heavy (non-hydrogen) atoms. The summed E-state index contributed by atoms with van der Waals surface area (Å²) in [6.07, 6.45) is 1.17. The molecule has 4 aromatic carbocycles. The van der Waals surface area contributed by atoms with Crippen molar-refractivity contribution in [3.8, 4) is 43.4 Å². The fraction of sp³-hybridized carbons (Fsp3) is 0.0909. The van der Waals surface area contributed by atoms with Crippen LogP contribution in [0, 0.1) is 0 Å². The van der Waals surface area contributed by atoms with Gasteiger partial charge in [-0.2, -0.15) is 0 Å². The Kier molecular flexibility index (Phi) is 11.2. The topological polar surface area (TPSA) is 0 Å². The maximum atomic E-state index is 2.38. The van der Waals surface area contributed by atoms with Gasteiger partial charge in [-0.25, -0.2) is 0 Å². The summed E-state index contributed by atoms with van der Waals surface area (Å²) in [5, 5.41) is 9.43.